The van der Waals surface area contributed by atoms with Gasteiger partial charge in [-0.15, -0.1) is 5.48 Å². The molecule has 120 valence electrons. The van der Waals surface area contributed by atoms with Crippen LogP contribution in [0.4, 0.5) is 5.82 Å². The number of nitriles is 1. The summed E-state index contributed by atoms with van der Waals surface area (Å²) >= 11 is 0. The van der Waals surface area contributed by atoms with Crippen molar-refractivity contribution < 1.29 is 9.63 Å². The van der Waals surface area contributed by atoms with Crippen molar-refractivity contribution in [1.29, 1.82) is 5.26 Å². The Labute approximate surface area is 134 Å². The second-order valence-corrected chi connectivity index (χ2v) is 5.55. The zero-order chi connectivity index (χ0) is 17.0. The highest BCUT2D eigenvalue weighted by Crippen LogP contribution is 2.17. The summed E-state index contributed by atoms with van der Waals surface area (Å²) in [5.74, 6) is 0.146. The summed E-state index contributed by atoms with van der Waals surface area (Å²) in [6.45, 7) is 6.00. The first-order valence-corrected chi connectivity index (χ1v) is 7.24. The lowest BCUT2D eigenvalue weighted by Crippen LogP contribution is -2.33. The number of nitrogens with one attached hydrogen (secondary N) is 1. The zero-order valence-electron chi connectivity index (χ0n) is 13.3. The minimum Gasteiger partial charge on any atom is -0.382 e. The molecule has 0 aliphatic carbocycles. The van der Waals surface area contributed by atoms with E-state index in [2.05, 4.69) is 10.6 Å². The third-order valence-corrected chi connectivity index (χ3v) is 3.61. The maximum Gasteiger partial charge on any atom is 0.356 e. The lowest BCUT2D eigenvalue weighted by molar-refractivity contribution is 0.0125. The van der Waals surface area contributed by atoms with E-state index in [0.29, 0.717) is 22.7 Å². The van der Waals surface area contributed by atoms with Gasteiger partial charge in [0.15, 0.2) is 0 Å². The number of hydrogen-bond donors (Lipinski definition) is 2. The van der Waals surface area contributed by atoms with E-state index in [4.69, 9.17) is 15.8 Å². The lowest BCUT2D eigenvalue weighted by atomic mass is 10.1. The molecule has 0 saturated heterocycles. The smallest absolute Gasteiger partial charge is 0.356 e. The SMILES string of the molecule is CC(C)C(C)NOC(=O)c1ccc(-n2ncc(C#N)c2N)cc1. The predicted molar refractivity (Wildman–Crippen MR) is 85.5 cm³/mol. The van der Waals surface area contributed by atoms with Gasteiger partial charge in [0.2, 0.25) is 0 Å². The highest BCUT2D eigenvalue weighted by Gasteiger charge is 2.13. The molecule has 7 nitrogen and oxygen atoms in total. The maximum absolute atomic E-state index is 12.0. The van der Waals surface area contributed by atoms with Crippen LogP contribution in [0.25, 0.3) is 5.69 Å². The van der Waals surface area contributed by atoms with E-state index in [1.807, 2.05) is 26.8 Å². The number of carbonyl (C=O) groups excluding carboxylic acids is 1. The first-order chi connectivity index (χ1) is 10.9. The van der Waals surface area contributed by atoms with Crippen molar-refractivity contribution in [2.24, 2.45) is 5.92 Å². The number of carbonyl (C=O) groups is 1. The summed E-state index contributed by atoms with van der Waals surface area (Å²) in [5.41, 5.74) is 9.92. The number of hydrogen-bond acceptors (Lipinski definition) is 6. The van der Waals surface area contributed by atoms with Crippen molar-refractivity contribution in [3.63, 3.8) is 0 Å². The van der Waals surface area contributed by atoms with Crippen LogP contribution in [0.15, 0.2) is 30.5 Å². The fourth-order valence-corrected chi connectivity index (χ4v) is 1.73. The normalized spacial score (nSPS) is 12.0. The van der Waals surface area contributed by atoms with Gasteiger partial charge in [-0.2, -0.15) is 10.4 Å². The number of anilines is 1. The number of nitrogens with zero attached hydrogens (tertiary/aromatic N) is 3. The molecule has 0 fully saturated rings. The van der Waals surface area contributed by atoms with Crippen LogP contribution in [-0.4, -0.2) is 21.8 Å². The third-order valence-electron chi connectivity index (χ3n) is 3.61. The van der Waals surface area contributed by atoms with Gasteiger partial charge in [0.05, 0.1) is 17.4 Å². The third kappa shape index (κ3) is 3.67. The Kier molecular flexibility index (Phi) is 4.98. The van der Waals surface area contributed by atoms with Gasteiger partial charge in [-0.1, -0.05) is 13.8 Å². The molecule has 23 heavy (non-hydrogen) atoms. The van der Waals surface area contributed by atoms with Gasteiger partial charge in [0.25, 0.3) is 0 Å². The molecule has 0 aliphatic heterocycles. The Bertz CT molecular complexity index is 728. The highest BCUT2D eigenvalue weighted by atomic mass is 16.7. The van der Waals surface area contributed by atoms with Gasteiger partial charge in [-0.25, -0.2) is 9.48 Å². The fourth-order valence-electron chi connectivity index (χ4n) is 1.73. The molecular formula is C16H19N5O2. The first kappa shape index (κ1) is 16.5. The van der Waals surface area contributed by atoms with Crippen LogP contribution in [0, 0.1) is 17.2 Å². The second kappa shape index (κ2) is 6.94. The average Bonchev–Trinajstić information content (AvgIpc) is 2.93. The van der Waals surface area contributed by atoms with Crippen LogP contribution in [0.3, 0.4) is 0 Å². The van der Waals surface area contributed by atoms with Gasteiger partial charge in [0, 0.05) is 6.04 Å². The molecule has 7 heteroatoms. The van der Waals surface area contributed by atoms with Crippen LogP contribution in [-0.2, 0) is 4.84 Å². The van der Waals surface area contributed by atoms with Crippen molar-refractivity contribution in [3.8, 4) is 11.8 Å². The highest BCUT2D eigenvalue weighted by molar-refractivity contribution is 5.89. The molecule has 1 unspecified atom stereocenters. The average molecular weight is 313 g/mol. The molecule has 0 radical (unpaired) electrons. The van der Waals surface area contributed by atoms with Crippen molar-refractivity contribution in [2.75, 3.05) is 5.73 Å². The van der Waals surface area contributed by atoms with Crippen LogP contribution in [0.2, 0.25) is 0 Å². The molecule has 0 saturated carbocycles. The standard InChI is InChI=1S/C16H19N5O2/c1-10(2)11(3)20-23-16(22)12-4-6-14(7-5-12)21-15(18)13(8-17)9-19-21/h4-7,9-11,20H,18H2,1-3H3. The first-order valence-electron chi connectivity index (χ1n) is 7.24. The zero-order valence-corrected chi connectivity index (χ0v) is 13.3. The maximum atomic E-state index is 12.0. The number of nitrogens with two attached hydrogens (primary N) is 1. The number of rotatable bonds is 5. The Hall–Kier alpha value is -2.85. The largest absolute Gasteiger partial charge is 0.382 e. The van der Waals surface area contributed by atoms with E-state index in [1.54, 1.807) is 24.3 Å². The minimum absolute atomic E-state index is 0.0616. The summed E-state index contributed by atoms with van der Waals surface area (Å²) in [5, 5.41) is 12.9. The minimum atomic E-state index is -0.463. The van der Waals surface area contributed by atoms with E-state index in [0.717, 1.165) is 0 Å². The molecule has 0 amide bonds. The number of aromatic nitrogens is 2. The van der Waals surface area contributed by atoms with Crippen molar-refractivity contribution in [3.05, 3.63) is 41.6 Å². The van der Waals surface area contributed by atoms with Crippen LogP contribution >= 0.6 is 0 Å². The second-order valence-electron chi connectivity index (χ2n) is 5.55. The molecule has 2 aromatic rings. The van der Waals surface area contributed by atoms with Crippen molar-refractivity contribution in [2.45, 2.75) is 26.8 Å². The molecule has 1 atom stereocenters. The molecule has 3 N–H and O–H groups in total. The number of hydroxylamine groups is 1. The van der Waals surface area contributed by atoms with Gasteiger partial charge in [-0.05, 0) is 37.1 Å². The topological polar surface area (TPSA) is 106 Å². The van der Waals surface area contributed by atoms with Gasteiger partial charge in [0.1, 0.15) is 17.5 Å². The van der Waals surface area contributed by atoms with E-state index < -0.39 is 5.97 Å². The number of nitrogen functional groups attached to an aromatic ring is 1. The van der Waals surface area contributed by atoms with E-state index in [1.165, 1.54) is 10.9 Å². The molecular weight excluding hydrogens is 294 g/mol. The summed E-state index contributed by atoms with van der Waals surface area (Å²) in [7, 11) is 0. The molecule has 1 aromatic heterocycles. The molecule has 0 bridgehead atoms. The summed E-state index contributed by atoms with van der Waals surface area (Å²) in [6, 6.07) is 8.63. The van der Waals surface area contributed by atoms with Gasteiger partial charge in [-0.3, -0.25) is 0 Å². The Balaban J connectivity index is 2.09. The Morgan fingerprint density at radius 2 is 2.00 bits per heavy atom. The fraction of sp³-hybridized carbons (Fsp3) is 0.312. The predicted octanol–water partition coefficient (Wildman–Crippen LogP) is 2.03. The van der Waals surface area contributed by atoms with E-state index in [9.17, 15) is 4.79 Å². The molecule has 0 aliphatic rings. The van der Waals surface area contributed by atoms with Gasteiger partial charge < -0.3 is 10.6 Å². The van der Waals surface area contributed by atoms with Crippen LogP contribution in [0.5, 0.6) is 0 Å². The summed E-state index contributed by atoms with van der Waals surface area (Å²) < 4.78 is 1.44. The molecule has 1 heterocycles. The van der Waals surface area contributed by atoms with Crippen LogP contribution < -0.4 is 11.2 Å². The summed E-state index contributed by atoms with van der Waals surface area (Å²) in [4.78, 5) is 17.0. The molecule has 0 spiro atoms. The van der Waals surface area contributed by atoms with Gasteiger partial charge >= 0.3 is 5.97 Å². The van der Waals surface area contributed by atoms with Crippen LogP contribution in [0.1, 0.15) is 36.7 Å². The monoisotopic (exact) mass is 313 g/mol. The van der Waals surface area contributed by atoms with Crippen molar-refractivity contribution >= 4 is 11.8 Å². The molecule has 2 rings (SSSR count). The lowest BCUT2D eigenvalue weighted by Gasteiger charge is -2.16. The molecule has 1 aromatic carbocycles. The Morgan fingerprint density at radius 3 is 2.52 bits per heavy atom. The van der Waals surface area contributed by atoms with E-state index >= 15 is 0 Å². The van der Waals surface area contributed by atoms with Crippen molar-refractivity contribution in [1.82, 2.24) is 15.3 Å². The number of benzene rings is 1. The quantitative estimate of drug-likeness (QED) is 0.818. The Morgan fingerprint density at radius 1 is 1.35 bits per heavy atom. The van der Waals surface area contributed by atoms with E-state index in [-0.39, 0.29) is 11.9 Å². The summed E-state index contributed by atoms with van der Waals surface area (Å²) in [6.07, 6.45) is 1.40.